The van der Waals surface area contributed by atoms with Crippen molar-refractivity contribution in [2.45, 2.75) is 0 Å². The number of aromatic nitrogens is 2. The molecule has 1 saturated heterocycles. The van der Waals surface area contributed by atoms with E-state index in [0.29, 0.717) is 13.1 Å². The van der Waals surface area contributed by atoms with Gasteiger partial charge in [0.15, 0.2) is 5.78 Å². The number of carbonyl (C=O) groups excluding carboxylic acids is 1. The molecule has 0 N–H and O–H groups in total. The Hall–Kier alpha value is -2.33. The molecule has 0 radical (unpaired) electrons. The molecule has 0 aliphatic carbocycles. The van der Waals surface area contributed by atoms with E-state index in [0.717, 1.165) is 22.5 Å². The molecule has 2 aromatic heterocycles. The smallest absolute Gasteiger partial charge is 0.187 e. The Morgan fingerprint density at radius 2 is 1.32 bits per heavy atom. The van der Waals surface area contributed by atoms with Gasteiger partial charge in [0.1, 0.15) is 0 Å². The summed E-state index contributed by atoms with van der Waals surface area (Å²) in [4.78, 5) is 14.9. The van der Waals surface area contributed by atoms with E-state index >= 15 is 0 Å². The standard InChI is InChI=1S/C18H21N3O/c1-19-12-14(10-16-6-4-8-20(16)2)18(22)15(13-19)11-17-7-5-9-21(17)3/h4-11H,12-13H2,1-3H3/b14-10+,15-11+. The minimum Gasteiger partial charge on any atom is -0.351 e. The summed E-state index contributed by atoms with van der Waals surface area (Å²) in [6, 6.07) is 8.03. The van der Waals surface area contributed by atoms with Crippen molar-refractivity contribution in [1.29, 1.82) is 0 Å². The van der Waals surface area contributed by atoms with E-state index in [4.69, 9.17) is 0 Å². The number of piperidine rings is 1. The Morgan fingerprint density at radius 1 is 0.864 bits per heavy atom. The summed E-state index contributed by atoms with van der Waals surface area (Å²) < 4.78 is 4.05. The van der Waals surface area contributed by atoms with Crippen LogP contribution in [0.25, 0.3) is 12.2 Å². The van der Waals surface area contributed by atoms with Crippen LogP contribution in [-0.2, 0) is 18.9 Å². The van der Waals surface area contributed by atoms with Crippen LogP contribution in [0.3, 0.4) is 0 Å². The van der Waals surface area contributed by atoms with Crippen LogP contribution in [0.2, 0.25) is 0 Å². The summed E-state index contributed by atoms with van der Waals surface area (Å²) in [5.41, 5.74) is 3.79. The third-order valence-corrected chi connectivity index (χ3v) is 4.08. The molecular formula is C18H21N3O. The SMILES string of the molecule is CN1C/C(=C\c2cccn2C)C(=O)/C(=C/c2cccn2C)C1. The number of aryl methyl sites for hydroxylation is 2. The van der Waals surface area contributed by atoms with Gasteiger partial charge in [-0.3, -0.25) is 9.69 Å². The Labute approximate surface area is 131 Å². The molecule has 2 aromatic rings. The summed E-state index contributed by atoms with van der Waals surface area (Å²) in [7, 11) is 6.03. The first kappa shape index (κ1) is 14.6. The van der Waals surface area contributed by atoms with Gasteiger partial charge in [-0.1, -0.05) is 0 Å². The Balaban J connectivity index is 1.96. The van der Waals surface area contributed by atoms with Crippen molar-refractivity contribution < 1.29 is 4.79 Å². The zero-order chi connectivity index (χ0) is 15.7. The van der Waals surface area contributed by atoms with E-state index in [9.17, 15) is 4.79 Å². The van der Waals surface area contributed by atoms with Crippen LogP contribution >= 0.6 is 0 Å². The zero-order valence-corrected chi connectivity index (χ0v) is 13.3. The maximum absolute atomic E-state index is 12.8. The van der Waals surface area contributed by atoms with Gasteiger partial charge in [-0.2, -0.15) is 0 Å². The van der Waals surface area contributed by atoms with Gasteiger partial charge in [-0.15, -0.1) is 0 Å². The van der Waals surface area contributed by atoms with E-state index in [1.807, 2.05) is 79.1 Å². The fourth-order valence-electron chi connectivity index (χ4n) is 2.82. The normalized spacial score (nSPS) is 20.2. The molecule has 1 fully saturated rings. The minimum absolute atomic E-state index is 0.153. The number of likely N-dealkylation sites (N-methyl/N-ethyl adjacent to an activating group) is 1. The van der Waals surface area contributed by atoms with Crippen molar-refractivity contribution in [2.24, 2.45) is 14.1 Å². The Kier molecular flexibility index (Phi) is 3.86. The second-order valence-electron chi connectivity index (χ2n) is 5.93. The predicted octanol–water partition coefficient (Wildman–Crippen LogP) is 2.35. The first-order valence-corrected chi connectivity index (χ1v) is 7.41. The number of nitrogens with zero attached hydrogens (tertiary/aromatic N) is 3. The summed E-state index contributed by atoms with van der Waals surface area (Å²) in [5, 5.41) is 0. The second-order valence-corrected chi connectivity index (χ2v) is 5.93. The minimum atomic E-state index is 0.153. The van der Waals surface area contributed by atoms with E-state index in [1.54, 1.807) is 0 Å². The number of hydrogen-bond donors (Lipinski definition) is 0. The summed E-state index contributed by atoms with van der Waals surface area (Å²) >= 11 is 0. The van der Waals surface area contributed by atoms with Crippen molar-refractivity contribution in [3.63, 3.8) is 0 Å². The molecule has 0 unspecified atom stereocenters. The average molecular weight is 295 g/mol. The zero-order valence-electron chi connectivity index (χ0n) is 13.3. The number of Topliss-reactive ketones (excluding diaryl/α,β-unsaturated/α-hetero) is 1. The van der Waals surface area contributed by atoms with Gasteiger partial charge in [0, 0.05) is 62.1 Å². The highest BCUT2D eigenvalue weighted by molar-refractivity contribution is 6.14. The lowest BCUT2D eigenvalue weighted by molar-refractivity contribution is -0.113. The molecule has 4 heteroatoms. The number of rotatable bonds is 2. The van der Waals surface area contributed by atoms with Crippen molar-refractivity contribution in [1.82, 2.24) is 14.0 Å². The molecule has 3 heterocycles. The lowest BCUT2D eigenvalue weighted by atomic mass is 9.96. The molecule has 0 spiro atoms. The number of carbonyl (C=O) groups is 1. The van der Waals surface area contributed by atoms with Gasteiger partial charge in [-0.05, 0) is 43.5 Å². The van der Waals surface area contributed by atoms with Gasteiger partial charge in [0.2, 0.25) is 0 Å². The van der Waals surface area contributed by atoms with Gasteiger partial charge < -0.3 is 9.13 Å². The van der Waals surface area contributed by atoms with Crippen molar-refractivity contribution in [2.75, 3.05) is 20.1 Å². The monoisotopic (exact) mass is 295 g/mol. The predicted molar refractivity (Wildman–Crippen MR) is 89.3 cm³/mol. The molecule has 114 valence electrons. The second kappa shape index (κ2) is 5.81. The van der Waals surface area contributed by atoms with Gasteiger partial charge in [0.05, 0.1) is 0 Å². The summed E-state index contributed by atoms with van der Waals surface area (Å²) in [5.74, 6) is 0.153. The highest BCUT2D eigenvalue weighted by atomic mass is 16.1. The van der Waals surface area contributed by atoms with Crippen LogP contribution in [0.15, 0.2) is 47.8 Å². The van der Waals surface area contributed by atoms with E-state index < -0.39 is 0 Å². The lowest BCUT2D eigenvalue weighted by Crippen LogP contribution is -2.34. The summed E-state index contributed by atoms with van der Waals surface area (Å²) in [6.07, 6.45) is 7.97. The Morgan fingerprint density at radius 3 is 1.68 bits per heavy atom. The van der Waals surface area contributed by atoms with E-state index in [2.05, 4.69) is 4.90 Å². The highest BCUT2D eigenvalue weighted by Gasteiger charge is 2.24. The Bertz CT molecular complexity index is 699. The van der Waals surface area contributed by atoms with Crippen LogP contribution in [0.1, 0.15) is 11.4 Å². The maximum Gasteiger partial charge on any atom is 0.187 e. The fourth-order valence-corrected chi connectivity index (χ4v) is 2.82. The molecule has 0 saturated carbocycles. The first-order chi connectivity index (χ1) is 10.5. The van der Waals surface area contributed by atoms with Crippen LogP contribution in [0, 0.1) is 0 Å². The third kappa shape index (κ3) is 2.83. The molecule has 3 rings (SSSR count). The largest absolute Gasteiger partial charge is 0.351 e. The van der Waals surface area contributed by atoms with Crippen molar-refractivity contribution in [3.05, 3.63) is 59.2 Å². The van der Waals surface area contributed by atoms with Crippen LogP contribution in [0.4, 0.5) is 0 Å². The highest BCUT2D eigenvalue weighted by Crippen LogP contribution is 2.21. The van der Waals surface area contributed by atoms with Crippen LogP contribution in [-0.4, -0.2) is 40.0 Å². The van der Waals surface area contributed by atoms with Crippen molar-refractivity contribution >= 4 is 17.9 Å². The van der Waals surface area contributed by atoms with E-state index in [-0.39, 0.29) is 5.78 Å². The first-order valence-electron chi connectivity index (χ1n) is 7.41. The fraction of sp³-hybridized carbons (Fsp3) is 0.278. The maximum atomic E-state index is 12.8. The molecule has 0 aromatic carbocycles. The molecule has 1 aliphatic heterocycles. The van der Waals surface area contributed by atoms with Gasteiger partial charge in [0.25, 0.3) is 0 Å². The summed E-state index contributed by atoms with van der Waals surface area (Å²) in [6.45, 7) is 1.38. The molecule has 4 nitrogen and oxygen atoms in total. The number of ketones is 1. The van der Waals surface area contributed by atoms with Crippen LogP contribution in [0.5, 0.6) is 0 Å². The van der Waals surface area contributed by atoms with Crippen molar-refractivity contribution in [3.8, 4) is 0 Å². The quantitative estimate of drug-likeness (QED) is 0.796. The van der Waals surface area contributed by atoms with Gasteiger partial charge >= 0.3 is 0 Å². The number of hydrogen-bond acceptors (Lipinski definition) is 2. The van der Waals surface area contributed by atoms with Gasteiger partial charge in [-0.25, -0.2) is 0 Å². The molecule has 1 aliphatic rings. The average Bonchev–Trinajstić information content (AvgIpc) is 3.05. The van der Waals surface area contributed by atoms with E-state index in [1.165, 1.54) is 0 Å². The molecule has 0 amide bonds. The lowest BCUT2D eigenvalue weighted by Gasteiger charge is -2.26. The molecule has 22 heavy (non-hydrogen) atoms. The molecule has 0 bridgehead atoms. The number of likely N-dealkylation sites (tertiary alicyclic amines) is 1. The third-order valence-electron chi connectivity index (χ3n) is 4.08. The molecular weight excluding hydrogens is 274 g/mol. The topological polar surface area (TPSA) is 30.2 Å². The van der Waals surface area contributed by atoms with Crippen LogP contribution < -0.4 is 0 Å². The molecule has 0 atom stereocenters.